The van der Waals surface area contributed by atoms with Gasteiger partial charge in [0, 0.05) is 33.1 Å². The first-order valence-corrected chi connectivity index (χ1v) is 6.53. The number of amides is 1. The SMILES string of the molecule is CC(C)C(=O)NCCNc1c(C#N)c(=O)n(C)c(=O)n1C. The van der Waals surface area contributed by atoms with Gasteiger partial charge in [0.25, 0.3) is 5.56 Å². The summed E-state index contributed by atoms with van der Waals surface area (Å²) in [7, 11) is 2.79. The van der Waals surface area contributed by atoms with Crippen molar-refractivity contribution in [3.8, 4) is 6.07 Å². The Hall–Kier alpha value is -2.56. The summed E-state index contributed by atoms with van der Waals surface area (Å²) in [6.45, 7) is 4.18. The lowest BCUT2D eigenvalue weighted by Gasteiger charge is -2.14. The number of hydrogen-bond donors (Lipinski definition) is 2. The van der Waals surface area contributed by atoms with E-state index in [2.05, 4.69) is 10.6 Å². The molecule has 2 N–H and O–H groups in total. The second-order valence-corrected chi connectivity index (χ2v) is 4.91. The molecule has 0 saturated carbocycles. The Bertz CT molecular complexity index is 693. The molecular formula is C13H19N5O3. The highest BCUT2D eigenvalue weighted by molar-refractivity contribution is 5.77. The molecule has 1 heterocycles. The number of anilines is 1. The molecule has 0 radical (unpaired) electrons. The summed E-state index contributed by atoms with van der Waals surface area (Å²) in [6, 6.07) is 1.80. The lowest BCUT2D eigenvalue weighted by Crippen LogP contribution is -2.40. The summed E-state index contributed by atoms with van der Waals surface area (Å²) in [4.78, 5) is 35.1. The lowest BCUT2D eigenvalue weighted by molar-refractivity contribution is -0.123. The van der Waals surface area contributed by atoms with E-state index in [1.165, 1.54) is 18.7 Å². The average Bonchev–Trinajstić information content (AvgIpc) is 2.45. The third-order valence-electron chi connectivity index (χ3n) is 3.02. The second-order valence-electron chi connectivity index (χ2n) is 4.91. The molecule has 0 spiro atoms. The summed E-state index contributed by atoms with van der Waals surface area (Å²) in [5.74, 6) is -0.0485. The van der Waals surface area contributed by atoms with Crippen molar-refractivity contribution >= 4 is 11.7 Å². The van der Waals surface area contributed by atoms with Crippen molar-refractivity contribution in [1.29, 1.82) is 5.26 Å². The van der Waals surface area contributed by atoms with Crippen molar-refractivity contribution in [3.63, 3.8) is 0 Å². The molecule has 114 valence electrons. The van der Waals surface area contributed by atoms with Crippen molar-refractivity contribution < 1.29 is 4.79 Å². The number of carbonyl (C=O) groups excluding carboxylic acids is 1. The minimum atomic E-state index is -0.644. The molecule has 0 aliphatic carbocycles. The van der Waals surface area contributed by atoms with Crippen LogP contribution >= 0.6 is 0 Å². The van der Waals surface area contributed by atoms with Crippen LogP contribution in [0.2, 0.25) is 0 Å². The Morgan fingerprint density at radius 3 is 2.38 bits per heavy atom. The first kappa shape index (κ1) is 16.5. The van der Waals surface area contributed by atoms with Crippen LogP contribution in [0.5, 0.6) is 0 Å². The van der Waals surface area contributed by atoms with E-state index in [0.29, 0.717) is 13.1 Å². The fourth-order valence-corrected chi connectivity index (χ4v) is 1.72. The molecular weight excluding hydrogens is 274 g/mol. The van der Waals surface area contributed by atoms with Gasteiger partial charge in [-0.05, 0) is 0 Å². The predicted molar refractivity (Wildman–Crippen MR) is 78.0 cm³/mol. The van der Waals surface area contributed by atoms with Crippen LogP contribution in [0.1, 0.15) is 19.4 Å². The normalized spacial score (nSPS) is 10.3. The minimum Gasteiger partial charge on any atom is -0.368 e. The van der Waals surface area contributed by atoms with E-state index in [1.54, 1.807) is 19.9 Å². The second kappa shape index (κ2) is 6.74. The summed E-state index contributed by atoms with van der Waals surface area (Å²) >= 11 is 0. The number of hydrogen-bond acceptors (Lipinski definition) is 5. The number of carbonyl (C=O) groups is 1. The van der Waals surface area contributed by atoms with Crippen LogP contribution in [0.4, 0.5) is 5.82 Å². The fraction of sp³-hybridized carbons (Fsp3) is 0.538. The average molecular weight is 293 g/mol. The van der Waals surface area contributed by atoms with Gasteiger partial charge in [-0.15, -0.1) is 0 Å². The van der Waals surface area contributed by atoms with Gasteiger partial charge in [-0.1, -0.05) is 13.8 Å². The third-order valence-corrected chi connectivity index (χ3v) is 3.02. The maximum absolute atomic E-state index is 11.8. The molecule has 0 bridgehead atoms. The summed E-state index contributed by atoms with van der Waals surface area (Å²) in [5, 5.41) is 14.6. The van der Waals surface area contributed by atoms with E-state index in [4.69, 9.17) is 5.26 Å². The molecule has 1 aromatic rings. The van der Waals surface area contributed by atoms with Gasteiger partial charge >= 0.3 is 5.69 Å². The minimum absolute atomic E-state index is 0.0878. The zero-order valence-electron chi connectivity index (χ0n) is 12.6. The topological polar surface area (TPSA) is 109 Å². The van der Waals surface area contributed by atoms with Crippen molar-refractivity contribution in [2.45, 2.75) is 13.8 Å². The van der Waals surface area contributed by atoms with E-state index in [1.807, 2.05) is 0 Å². The highest BCUT2D eigenvalue weighted by Gasteiger charge is 2.14. The highest BCUT2D eigenvalue weighted by Crippen LogP contribution is 2.05. The van der Waals surface area contributed by atoms with Crippen LogP contribution < -0.4 is 21.9 Å². The van der Waals surface area contributed by atoms with E-state index in [-0.39, 0.29) is 23.2 Å². The quantitative estimate of drug-likeness (QED) is 0.687. The van der Waals surface area contributed by atoms with Gasteiger partial charge in [-0.25, -0.2) is 4.79 Å². The van der Waals surface area contributed by atoms with Crippen molar-refractivity contribution in [3.05, 3.63) is 26.4 Å². The molecule has 0 fully saturated rings. The molecule has 1 aromatic heterocycles. The number of nitriles is 1. The Kier molecular flexibility index (Phi) is 5.30. The van der Waals surface area contributed by atoms with Gasteiger partial charge in [-0.3, -0.25) is 18.7 Å². The van der Waals surface area contributed by atoms with Crippen molar-refractivity contribution in [2.75, 3.05) is 18.4 Å². The summed E-state index contributed by atoms with van der Waals surface area (Å²) < 4.78 is 2.08. The van der Waals surface area contributed by atoms with Gasteiger partial charge in [0.2, 0.25) is 5.91 Å². The zero-order chi connectivity index (χ0) is 16.2. The van der Waals surface area contributed by atoms with Gasteiger partial charge in [0.1, 0.15) is 11.9 Å². The van der Waals surface area contributed by atoms with Gasteiger partial charge < -0.3 is 10.6 Å². The Balaban J connectivity index is 2.91. The molecule has 8 nitrogen and oxygen atoms in total. The van der Waals surface area contributed by atoms with Crippen LogP contribution in [0, 0.1) is 17.2 Å². The molecule has 8 heteroatoms. The molecule has 21 heavy (non-hydrogen) atoms. The Morgan fingerprint density at radius 2 is 1.86 bits per heavy atom. The molecule has 0 saturated heterocycles. The molecule has 0 aliphatic heterocycles. The lowest BCUT2D eigenvalue weighted by atomic mass is 10.2. The van der Waals surface area contributed by atoms with Crippen LogP contribution in [-0.2, 0) is 18.9 Å². The number of aromatic nitrogens is 2. The van der Waals surface area contributed by atoms with Crippen molar-refractivity contribution in [2.24, 2.45) is 20.0 Å². The largest absolute Gasteiger partial charge is 0.368 e. The molecule has 1 amide bonds. The fourth-order valence-electron chi connectivity index (χ4n) is 1.72. The smallest absolute Gasteiger partial charge is 0.332 e. The molecule has 0 unspecified atom stereocenters. The van der Waals surface area contributed by atoms with Gasteiger partial charge in [-0.2, -0.15) is 5.26 Å². The number of nitrogens with zero attached hydrogens (tertiary/aromatic N) is 3. The third kappa shape index (κ3) is 3.51. The van der Waals surface area contributed by atoms with E-state index >= 15 is 0 Å². The summed E-state index contributed by atoms with van der Waals surface area (Å²) in [6.07, 6.45) is 0. The summed E-state index contributed by atoms with van der Waals surface area (Å²) in [5.41, 5.74) is -1.29. The first-order valence-electron chi connectivity index (χ1n) is 6.53. The van der Waals surface area contributed by atoms with Crippen LogP contribution in [0.15, 0.2) is 9.59 Å². The molecule has 1 rings (SSSR count). The number of nitrogens with one attached hydrogen (secondary N) is 2. The van der Waals surface area contributed by atoms with Gasteiger partial charge in [0.05, 0.1) is 0 Å². The highest BCUT2D eigenvalue weighted by atomic mass is 16.2. The first-order chi connectivity index (χ1) is 9.81. The van der Waals surface area contributed by atoms with Crippen LogP contribution in [0.3, 0.4) is 0 Å². The van der Waals surface area contributed by atoms with Crippen LogP contribution in [-0.4, -0.2) is 28.1 Å². The monoisotopic (exact) mass is 293 g/mol. The Labute approximate surface area is 122 Å². The van der Waals surface area contributed by atoms with Gasteiger partial charge in [0.15, 0.2) is 5.56 Å². The molecule has 0 aromatic carbocycles. The molecule has 0 aliphatic rings. The van der Waals surface area contributed by atoms with E-state index in [9.17, 15) is 14.4 Å². The maximum atomic E-state index is 11.8. The number of rotatable bonds is 5. The predicted octanol–water partition coefficient (Wildman–Crippen LogP) is -0.860. The maximum Gasteiger partial charge on any atom is 0.332 e. The Morgan fingerprint density at radius 1 is 1.24 bits per heavy atom. The van der Waals surface area contributed by atoms with Crippen LogP contribution in [0.25, 0.3) is 0 Å². The van der Waals surface area contributed by atoms with E-state index < -0.39 is 11.2 Å². The molecule has 0 atom stereocenters. The standard InChI is InChI=1S/C13H19N5O3/c1-8(2)11(19)16-6-5-15-10-9(7-14)12(20)18(4)13(21)17(10)3/h8,15H,5-6H2,1-4H3,(H,16,19). The zero-order valence-corrected chi connectivity index (χ0v) is 12.6. The van der Waals surface area contributed by atoms with E-state index in [0.717, 1.165) is 4.57 Å². The van der Waals surface area contributed by atoms with Crippen molar-refractivity contribution in [1.82, 2.24) is 14.5 Å².